The van der Waals surface area contributed by atoms with E-state index in [0.29, 0.717) is 10.3 Å². The Bertz CT molecular complexity index is 940. The van der Waals surface area contributed by atoms with E-state index in [1.807, 2.05) is 12.1 Å². The second kappa shape index (κ2) is 9.74. The van der Waals surface area contributed by atoms with Gasteiger partial charge in [-0.25, -0.2) is 4.98 Å². The Morgan fingerprint density at radius 1 is 0.586 bits per heavy atom. The lowest BCUT2D eigenvalue weighted by Gasteiger charge is -2.27. The zero-order valence-corrected chi connectivity index (χ0v) is 18.7. The Balaban J connectivity index is 0.00000240. The summed E-state index contributed by atoms with van der Waals surface area (Å²) in [6.07, 6.45) is 0.826. The van der Waals surface area contributed by atoms with Crippen LogP contribution in [0.1, 0.15) is 5.56 Å². The zero-order valence-electron chi connectivity index (χ0n) is 15.6. The molecule has 0 spiro atoms. The first-order chi connectivity index (χ1) is 13.7. The third kappa shape index (κ3) is 4.65. The summed E-state index contributed by atoms with van der Waals surface area (Å²) in [7, 11) is -1.96. The highest BCUT2D eigenvalue weighted by Crippen LogP contribution is 2.58. The predicted octanol–water partition coefficient (Wildman–Crippen LogP) is 2.89. The normalized spacial score (nSPS) is 11.0. The molecular formula is C24H19Cl3NP. The third-order valence-corrected chi connectivity index (χ3v) is 9.60. The van der Waals surface area contributed by atoms with Gasteiger partial charge < -0.3 is 12.4 Å². The summed E-state index contributed by atoms with van der Waals surface area (Å²) >= 11 is 12.5. The lowest BCUT2D eigenvalue weighted by molar-refractivity contribution is -0.00000536. The molecule has 29 heavy (non-hydrogen) atoms. The molecule has 0 N–H and O–H groups in total. The number of benzene rings is 3. The fourth-order valence-corrected chi connectivity index (χ4v) is 8.37. The molecule has 0 amide bonds. The number of rotatable bonds is 5. The van der Waals surface area contributed by atoms with Crippen LogP contribution in [-0.2, 0) is 6.16 Å². The van der Waals surface area contributed by atoms with E-state index in [4.69, 9.17) is 23.2 Å². The van der Waals surface area contributed by atoms with E-state index < -0.39 is 7.26 Å². The van der Waals surface area contributed by atoms with Crippen LogP contribution >= 0.6 is 30.5 Å². The van der Waals surface area contributed by atoms with Gasteiger partial charge in [0.25, 0.3) is 0 Å². The Kier molecular flexibility index (Phi) is 7.33. The summed E-state index contributed by atoms with van der Waals surface area (Å²) < 4.78 is 0. The SMILES string of the molecule is Clc1cc(C[P+](c2ccccc2)(c2ccccc2)c2ccccc2)cc(Cl)n1.[Cl-]. The summed E-state index contributed by atoms with van der Waals surface area (Å²) in [4.78, 5) is 4.13. The van der Waals surface area contributed by atoms with Gasteiger partial charge in [-0.1, -0.05) is 77.8 Å². The summed E-state index contributed by atoms with van der Waals surface area (Å²) in [5.74, 6) is 0. The van der Waals surface area contributed by atoms with Crippen LogP contribution in [-0.4, -0.2) is 4.98 Å². The van der Waals surface area contributed by atoms with Crippen molar-refractivity contribution in [2.45, 2.75) is 6.16 Å². The van der Waals surface area contributed by atoms with Crippen molar-refractivity contribution < 1.29 is 12.4 Å². The zero-order chi connectivity index (χ0) is 19.4. The maximum Gasteiger partial charge on any atom is 0.131 e. The first-order valence-electron chi connectivity index (χ1n) is 9.05. The summed E-state index contributed by atoms with van der Waals surface area (Å²) in [6.45, 7) is 0. The highest BCUT2D eigenvalue weighted by atomic mass is 35.5. The molecule has 4 aromatic rings. The van der Waals surface area contributed by atoms with Crippen molar-refractivity contribution in [3.05, 3.63) is 119 Å². The molecule has 5 heteroatoms. The van der Waals surface area contributed by atoms with E-state index in [-0.39, 0.29) is 12.4 Å². The summed E-state index contributed by atoms with van der Waals surface area (Å²) in [6, 6.07) is 36.1. The molecule has 3 aromatic carbocycles. The van der Waals surface area contributed by atoms with Crippen molar-refractivity contribution in [2.24, 2.45) is 0 Å². The van der Waals surface area contributed by atoms with Crippen LogP contribution in [0.3, 0.4) is 0 Å². The second-order valence-corrected chi connectivity index (χ2v) is 10.9. The molecule has 0 unspecified atom stereocenters. The van der Waals surface area contributed by atoms with Crippen LogP contribution in [0.2, 0.25) is 10.3 Å². The molecule has 0 atom stereocenters. The smallest absolute Gasteiger partial charge is 0.131 e. The minimum absolute atomic E-state index is 0. The molecule has 0 aliphatic carbocycles. The van der Waals surface area contributed by atoms with Crippen molar-refractivity contribution in [3.63, 3.8) is 0 Å². The minimum atomic E-state index is -1.96. The fraction of sp³-hybridized carbons (Fsp3) is 0.0417. The van der Waals surface area contributed by atoms with E-state index in [0.717, 1.165) is 11.7 Å². The van der Waals surface area contributed by atoms with Gasteiger partial charge in [0.15, 0.2) is 0 Å². The van der Waals surface area contributed by atoms with E-state index in [1.54, 1.807) is 0 Å². The molecule has 0 fully saturated rings. The Morgan fingerprint density at radius 3 is 1.28 bits per heavy atom. The maximum absolute atomic E-state index is 6.23. The molecule has 0 saturated carbocycles. The number of nitrogens with zero attached hydrogens (tertiary/aromatic N) is 1. The van der Waals surface area contributed by atoms with Crippen LogP contribution in [0, 0.1) is 0 Å². The van der Waals surface area contributed by atoms with Crippen molar-refractivity contribution in [1.29, 1.82) is 0 Å². The van der Waals surface area contributed by atoms with E-state index in [9.17, 15) is 0 Å². The Labute approximate surface area is 188 Å². The number of hydrogen-bond donors (Lipinski definition) is 0. The second-order valence-electron chi connectivity index (χ2n) is 6.60. The molecule has 0 aliphatic rings. The number of hydrogen-bond acceptors (Lipinski definition) is 1. The first-order valence-corrected chi connectivity index (χ1v) is 11.8. The highest BCUT2D eigenvalue weighted by Gasteiger charge is 2.45. The van der Waals surface area contributed by atoms with Gasteiger partial charge in [0, 0.05) is 0 Å². The van der Waals surface area contributed by atoms with Gasteiger partial charge in [-0.05, 0) is 54.1 Å². The Hall–Kier alpha value is -1.89. The molecule has 146 valence electrons. The molecular weight excluding hydrogens is 440 g/mol. The summed E-state index contributed by atoms with van der Waals surface area (Å²) in [5, 5.41) is 4.84. The van der Waals surface area contributed by atoms with Gasteiger partial charge >= 0.3 is 0 Å². The van der Waals surface area contributed by atoms with Crippen LogP contribution in [0.5, 0.6) is 0 Å². The molecule has 0 bridgehead atoms. The molecule has 4 rings (SSSR count). The summed E-state index contributed by atoms with van der Waals surface area (Å²) in [5.41, 5.74) is 1.09. The van der Waals surface area contributed by atoms with Crippen LogP contribution in [0.25, 0.3) is 0 Å². The number of halogens is 3. The topological polar surface area (TPSA) is 12.9 Å². The van der Waals surface area contributed by atoms with E-state index in [1.165, 1.54) is 15.9 Å². The molecule has 0 radical (unpaired) electrons. The molecule has 1 aromatic heterocycles. The quantitative estimate of drug-likeness (QED) is 0.331. The molecule has 1 nitrogen and oxygen atoms in total. The van der Waals surface area contributed by atoms with Crippen molar-refractivity contribution in [3.8, 4) is 0 Å². The number of pyridine rings is 1. The lowest BCUT2D eigenvalue weighted by Crippen LogP contribution is -3.00. The van der Waals surface area contributed by atoms with Gasteiger partial charge in [-0.3, -0.25) is 0 Å². The van der Waals surface area contributed by atoms with Crippen molar-refractivity contribution in [2.75, 3.05) is 0 Å². The van der Waals surface area contributed by atoms with E-state index in [2.05, 4.69) is 96.0 Å². The Morgan fingerprint density at radius 2 is 0.931 bits per heavy atom. The molecule has 1 heterocycles. The van der Waals surface area contributed by atoms with Crippen LogP contribution < -0.4 is 28.3 Å². The maximum atomic E-state index is 6.23. The van der Waals surface area contributed by atoms with Crippen molar-refractivity contribution in [1.82, 2.24) is 4.98 Å². The van der Waals surface area contributed by atoms with Gasteiger partial charge in [-0.2, -0.15) is 0 Å². The lowest BCUT2D eigenvalue weighted by atomic mass is 10.3. The fourth-order valence-electron chi connectivity index (χ4n) is 3.65. The predicted molar refractivity (Wildman–Crippen MR) is 123 cm³/mol. The van der Waals surface area contributed by atoms with Gasteiger partial charge in [0.1, 0.15) is 33.5 Å². The standard InChI is InChI=1S/C24H19Cl2NP.ClH/c25-23-16-19(17-24(26)27-23)18-28(20-10-4-1-5-11-20,21-12-6-2-7-13-21)22-14-8-3-9-15-22;/h1-17H,18H2;1H/q+1;/p-1. The monoisotopic (exact) mass is 457 g/mol. The van der Waals surface area contributed by atoms with Gasteiger partial charge in [0.2, 0.25) is 0 Å². The van der Waals surface area contributed by atoms with Crippen LogP contribution in [0.15, 0.2) is 103 Å². The first kappa shape index (κ1) is 21.8. The third-order valence-electron chi connectivity index (χ3n) is 4.83. The van der Waals surface area contributed by atoms with E-state index >= 15 is 0 Å². The van der Waals surface area contributed by atoms with Crippen LogP contribution in [0.4, 0.5) is 0 Å². The van der Waals surface area contributed by atoms with Gasteiger partial charge in [-0.15, -0.1) is 0 Å². The van der Waals surface area contributed by atoms with Crippen molar-refractivity contribution >= 4 is 46.4 Å². The largest absolute Gasteiger partial charge is 1.00 e. The average molecular weight is 459 g/mol. The average Bonchev–Trinajstić information content (AvgIpc) is 2.73. The minimum Gasteiger partial charge on any atom is -1.00 e. The molecule has 0 saturated heterocycles. The van der Waals surface area contributed by atoms with Gasteiger partial charge in [0.05, 0.1) is 6.16 Å². The number of aromatic nitrogens is 1. The molecule has 0 aliphatic heterocycles. The highest BCUT2D eigenvalue weighted by molar-refractivity contribution is 7.95.